The number of carbonyl (C=O) groups is 2. The Morgan fingerprint density at radius 2 is 1.47 bits per heavy atom. The fourth-order valence-corrected chi connectivity index (χ4v) is 2.68. The van der Waals surface area contributed by atoms with Gasteiger partial charge in [0.05, 0.1) is 4.92 Å². The molecule has 7 nitrogen and oxygen atoms in total. The van der Waals surface area contributed by atoms with E-state index in [-0.39, 0.29) is 16.9 Å². The first-order valence-electron chi connectivity index (χ1n) is 9.17. The van der Waals surface area contributed by atoms with E-state index in [2.05, 4.69) is 10.6 Å². The van der Waals surface area contributed by atoms with Crippen LogP contribution in [0.15, 0.2) is 90.6 Å². The van der Waals surface area contributed by atoms with Crippen molar-refractivity contribution in [1.29, 1.82) is 0 Å². The molecule has 0 aliphatic heterocycles. The standard InChI is InChI=1S/C23H19N3O4/c27-22(19-11-13-20(14-12-19)26(29)30)25-21(15-17-7-3-1-4-8-17)23(28)24-16-18-9-5-2-6-10-18/h1-15H,16H2,(H,24,28)(H,25,27)/b21-15+. The first-order chi connectivity index (χ1) is 14.5. The second kappa shape index (κ2) is 9.79. The maximum absolute atomic E-state index is 12.7. The molecule has 3 rings (SSSR count). The summed E-state index contributed by atoms with van der Waals surface area (Å²) in [6.07, 6.45) is 1.57. The van der Waals surface area contributed by atoms with E-state index in [0.29, 0.717) is 6.54 Å². The molecule has 0 heterocycles. The Bertz CT molecular complexity index is 1060. The van der Waals surface area contributed by atoms with Gasteiger partial charge >= 0.3 is 0 Å². The zero-order valence-corrected chi connectivity index (χ0v) is 15.9. The number of nitro groups is 1. The van der Waals surface area contributed by atoms with Gasteiger partial charge in [-0.15, -0.1) is 0 Å². The monoisotopic (exact) mass is 401 g/mol. The van der Waals surface area contributed by atoms with Crippen molar-refractivity contribution in [3.63, 3.8) is 0 Å². The van der Waals surface area contributed by atoms with E-state index in [4.69, 9.17) is 0 Å². The van der Waals surface area contributed by atoms with Gasteiger partial charge in [0.15, 0.2) is 0 Å². The van der Waals surface area contributed by atoms with Gasteiger partial charge in [-0.25, -0.2) is 0 Å². The highest BCUT2D eigenvalue weighted by molar-refractivity contribution is 6.05. The molecule has 0 saturated heterocycles. The van der Waals surface area contributed by atoms with Crippen LogP contribution in [0.4, 0.5) is 5.69 Å². The predicted molar refractivity (Wildman–Crippen MR) is 113 cm³/mol. The second-order valence-electron chi connectivity index (χ2n) is 6.40. The Kier molecular flexibility index (Phi) is 6.68. The largest absolute Gasteiger partial charge is 0.347 e. The number of carbonyl (C=O) groups excluding carboxylic acids is 2. The minimum atomic E-state index is -0.542. The van der Waals surface area contributed by atoms with E-state index in [9.17, 15) is 19.7 Å². The van der Waals surface area contributed by atoms with Crippen molar-refractivity contribution in [1.82, 2.24) is 10.6 Å². The van der Waals surface area contributed by atoms with E-state index >= 15 is 0 Å². The fourth-order valence-electron chi connectivity index (χ4n) is 2.68. The Balaban J connectivity index is 1.78. The molecule has 3 aromatic rings. The van der Waals surface area contributed by atoms with Gasteiger partial charge in [0.2, 0.25) is 0 Å². The Labute approximate surface area is 173 Å². The molecule has 0 radical (unpaired) electrons. The average Bonchev–Trinajstić information content (AvgIpc) is 2.78. The van der Waals surface area contributed by atoms with Crippen molar-refractivity contribution in [2.45, 2.75) is 6.54 Å². The Morgan fingerprint density at radius 1 is 0.867 bits per heavy atom. The molecule has 0 aliphatic carbocycles. The molecule has 0 spiro atoms. The minimum Gasteiger partial charge on any atom is -0.347 e. The van der Waals surface area contributed by atoms with Crippen molar-refractivity contribution in [3.05, 3.63) is 117 Å². The van der Waals surface area contributed by atoms with Gasteiger partial charge < -0.3 is 10.6 Å². The van der Waals surface area contributed by atoms with Gasteiger partial charge in [0.25, 0.3) is 17.5 Å². The van der Waals surface area contributed by atoms with E-state index in [0.717, 1.165) is 11.1 Å². The number of nitrogens with one attached hydrogen (secondary N) is 2. The summed E-state index contributed by atoms with van der Waals surface area (Å²) < 4.78 is 0. The van der Waals surface area contributed by atoms with Crippen molar-refractivity contribution in [3.8, 4) is 0 Å². The van der Waals surface area contributed by atoms with Gasteiger partial charge in [0.1, 0.15) is 5.70 Å². The molecule has 7 heteroatoms. The van der Waals surface area contributed by atoms with Crippen LogP contribution in [0.1, 0.15) is 21.5 Å². The van der Waals surface area contributed by atoms with E-state index < -0.39 is 16.7 Å². The lowest BCUT2D eigenvalue weighted by Gasteiger charge is -2.11. The molecule has 2 amide bonds. The third-order valence-electron chi connectivity index (χ3n) is 4.24. The van der Waals surface area contributed by atoms with Crippen LogP contribution in [0.3, 0.4) is 0 Å². The molecule has 0 unspecified atom stereocenters. The normalized spacial score (nSPS) is 10.9. The molecule has 0 bridgehead atoms. The first-order valence-corrected chi connectivity index (χ1v) is 9.17. The number of benzene rings is 3. The summed E-state index contributed by atoms with van der Waals surface area (Å²) >= 11 is 0. The number of amides is 2. The maximum Gasteiger partial charge on any atom is 0.269 e. The minimum absolute atomic E-state index is 0.0699. The van der Waals surface area contributed by atoms with Gasteiger partial charge in [-0.1, -0.05) is 60.7 Å². The van der Waals surface area contributed by atoms with Crippen molar-refractivity contribution in [2.75, 3.05) is 0 Å². The topological polar surface area (TPSA) is 101 Å². The number of rotatable bonds is 7. The highest BCUT2D eigenvalue weighted by atomic mass is 16.6. The number of nitro benzene ring substituents is 1. The Morgan fingerprint density at radius 3 is 2.07 bits per heavy atom. The number of hydrogen-bond acceptors (Lipinski definition) is 4. The fraction of sp³-hybridized carbons (Fsp3) is 0.0435. The summed E-state index contributed by atoms with van der Waals surface area (Å²) in [5.74, 6) is -0.986. The van der Waals surface area contributed by atoms with Gasteiger partial charge in [-0.05, 0) is 29.3 Å². The Hall–Kier alpha value is -4.26. The summed E-state index contributed by atoms with van der Waals surface area (Å²) in [5.41, 5.74) is 1.82. The average molecular weight is 401 g/mol. The van der Waals surface area contributed by atoms with Crippen LogP contribution in [0.5, 0.6) is 0 Å². The first kappa shape index (κ1) is 20.5. The molecule has 0 aromatic heterocycles. The van der Waals surface area contributed by atoms with Gasteiger partial charge in [0, 0.05) is 24.2 Å². The SMILES string of the molecule is O=C(NCc1ccccc1)/C(=C\c1ccccc1)NC(=O)c1ccc([N+](=O)[O-])cc1. The summed E-state index contributed by atoms with van der Waals surface area (Å²) in [4.78, 5) is 35.6. The summed E-state index contributed by atoms with van der Waals surface area (Å²) in [6, 6.07) is 23.7. The predicted octanol–water partition coefficient (Wildman–Crippen LogP) is 3.68. The lowest BCUT2D eigenvalue weighted by atomic mass is 10.1. The van der Waals surface area contributed by atoms with Crippen molar-refractivity contribution < 1.29 is 14.5 Å². The molecule has 0 aliphatic rings. The zero-order valence-electron chi connectivity index (χ0n) is 15.9. The number of non-ortho nitro benzene ring substituents is 1. The summed E-state index contributed by atoms with van der Waals surface area (Å²) in [6.45, 7) is 0.305. The van der Waals surface area contributed by atoms with Gasteiger partial charge in [-0.3, -0.25) is 19.7 Å². The maximum atomic E-state index is 12.7. The molecule has 30 heavy (non-hydrogen) atoms. The van der Waals surface area contributed by atoms with Crippen LogP contribution < -0.4 is 10.6 Å². The highest BCUT2D eigenvalue weighted by Gasteiger charge is 2.15. The molecule has 0 atom stereocenters. The van der Waals surface area contributed by atoms with Crippen LogP contribution in [-0.2, 0) is 11.3 Å². The van der Waals surface area contributed by atoms with Crippen molar-refractivity contribution >= 4 is 23.6 Å². The number of hydrogen-bond donors (Lipinski definition) is 2. The van der Waals surface area contributed by atoms with Crippen molar-refractivity contribution in [2.24, 2.45) is 0 Å². The van der Waals surface area contributed by atoms with Crippen LogP contribution in [0, 0.1) is 10.1 Å². The number of nitrogens with zero attached hydrogens (tertiary/aromatic N) is 1. The van der Waals surface area contributed by atoms with Crippen LogP contribution >= 0.6 is 0 Å². The zero-order chi connectivity index (χ0) is 21.3. The lowest BCUT2D eigenvalue weighted by Crippen LogP contribution is -2.34. The molecular formula is C23H19N3O4. The molecule has 2 N–H and O–H groups in total. The molecule has 0 saturated carbocycles. The van der Waals surface area contributed by atoms with Crippen LogP contribution in [0.25, 0.3) is 6.08 Å². The van der Waals surface area contributed by atoms with E-state index in [1.54, 1.807) is 6.08 Å². The summed E-state index contributed by atoms with van der Waals surface area (Å²) in [5, 5.41) is 16.2. The third kappa shape index (κ3) is 5.62. The smallest absolute Gasteiger partial charge is 0.269 e. The van der Waals surface area contributed by atoms with Crippen LogP contribution in [-0.4, -0.2) is 16.7 Å². The van der Waals surface area contributed by atoms with Crippen LogP contribution in [0.2, 0.25) is 0 Å². The molecule has 150 valence electrons. The summed E-state index contributed by atoms with van der Waals surface area (Å²) in [7, 11) is 0. The van der Waals surface area contributed by atoms with Gasteiger partial charge in [-0.2, -0.15) is 0 Å². The molecular weight excluding hydrogens is 382 g/mol. The second-order valence-corrected chi connectivity index (χ2v) is 6.40. The molecule has 3 aromatic carbocycles. The molecule has 0 fully saturated rings. The third-order valence-corrected chi connectivity index (χ3v) is 4.24. The lowest BCUT2D eigenvalue weighted by molar-refractivity contribution is -0.384. The quantitative estimate of drug-likeness (QED) is 0.358. The van der Waals surface area contributed by atoms with E-state index in [1.807, 2.05) is 60.7 Å². The van der Waals surface area contributed by atoms with E-state index in [1.165, 1.54) is 24.3 Å². The highest BCUT2D eigenvalue weighted by Crippen LogP contribution is 2.13.